The maximum Gasteiger partial charge on any atom is 0.231 e. The lowest BCUT2D eigenvalue weighted by atomic mass is 10.1. The first-order valence-corrected chi connectivity index (χ1v) is 5.70. The molecule has 3 rings (SSSR count). The number of Topliss-reactive ketones (excluding diaryl/α,β-unsaturated/α-hetero) is 1. The summed E-state index contributed by atoms with van der Waals surface area (Å²) >= 11 is 0. The van der Waals surface area contributed by atoms with Crippen molar-refractivity contribution in [1.82, 2.24) is 0 Å². The minimum atomic E-state index is -0.238. The largest absolute Gasteiger partial charge is 0.508 e. The number of carbonyl (C=O) groups is 1. The maximum absolute atomic E-state index is 12.1. The highest BCUT2D eigenvalue weighted by Gasteiger charge is 2.27. The van der Waals surface area contributed by atoms with Gasteiger partial charge in [0.25, 0.3) is 0 Å². The highest BCUT2D eigenvalue weighted by atomic mass is 16.5. The zero-order valence-corrected chi connectivity index (χ0v) is 9.83. The Balaban J connectivity index is 1.99. The van der Waals surface area contributed by atoms with Gasteiger partial charge in [0.05, 0.1) is 5.56 Å². The van der Waals surface area contributed by atoms with E-state index < -0.39 is 0 Å². The lowest BCUT2D eigenvalue weighted by molar-refractivity contribution is 0.101. The molecule has 0 radical (unpaired) electrons. The summed E-state index contributed by atoms with van der Waals surface area (Å²) in [7, 11) is 0. The number of phenolic OH excluding ortho intramolecular Hbond substituents is 2. The quantitative estimate of drug-likeness (QED) is 0.768. The fourth-order valence-electron chi connectivity index (χ4n) is 1.94. The van der Waals surface area contributed by atoms with E-state index in [-0.39, 0.29) is 23.0 Å². The van der Waals surface area contributed by atoms with Gasteiger partial charge in [0, 0.05) is 6.07 Å². The van der Waals surface area contributed by atoms with E-state index in [9.17, 15) is 15.0 Å². The van der Waals surface area contributed by atoms with Crippen LogP contribution >= 0.6 is 0 Å². The summed E-state index contributed by atoms with van der Waals surface area (Å²) in [6, 6.07) is 10.9. The number of hydrogen-bond acceptors (Lipinski definition) is 4. The second-order valence-electron chi connectivity index (χ2n) is 4.22. The summed E-state index contributed by atoms with van der Waals surface area (Å²) in [4.78, 5) is 12.1. The van der Waals surface area contributed by atoms with Crippen LogP contribution in [-0.2, 0) is 0 Å². The van der Waals surface area contributed by atoms with E-state index in [0.717, 1.165) is 0 Å². The monoisotopic (exact) mass is 254 g/mol. The molecule has 1 heterocycles. The van der Waals surface area contributed by atoms with Gasteiger partial charge in [-0.15, -0.1) is 0 Å². The van der Waals surface area contributed by atoms with Crippen LogP contribution < -0.4 is 4.74 Å². The molecular formula is C15H10O4. The van der Waals surface area contributed by atoms with E-state index in [1.165, 1.54) is 24.3 Å². The third-order valence-electron chi connectivity index (χ3n) is 2.82. The molecule has 94 valence electrons. The molecule has 0 unspecified atom stereocenters. The number of ketones is 1. The van der Waals surface area contributed by atoms with Crippen LogP contribution in [0.5, 0.6) is 17.2 Å². The molecule has 2 aromatic carbocycles. The molecule has 0 aliphatic carbocycles. The first kappa shape index (κ1) is 11.3. The molecule has 4 nitrogen and oxygen atoms in total. The molecular weight excluding hydrogens is 244 g/mol. The molecule has 4 heteroatoms. The Kier molecular flexibility index (Phi) is 2.49. The Hall–Kier alpha value is -2.75. The third kappa shape index (κ3) is 2.04. The van der Waals surface area contributed by atoms with Gasteiger partial charge in [-0.05, 0) is 35.9 Å². The number of hydrogen-bond donors (Lipinski definition) is 2. The van der Waals surface area contributed by atoms with Crippen LogP contribution in [-0.4, -0.2) is 16.0 Å². The molecule has 1 aliphatic rings. The molecule has 0 bridgehead atoms. The fraction of sp³-hybridized carbons (Fsp3) is 0. The van der Waals surface area contributed by atoms with Gasteiger partial charge in [-0.25, -0.2) is 0 Å². The first-order valence-electron chi connectivity index (χ1n) is 5.70. The number of ether oxygens (including phenoxy) is 1. The average Bonchev–Trinajstić information content (AvgIpc) is 2.66. The summed E-state index contributed by atoms with van der Waals surface area (Å²) in [6.45, 7) is 0. The summed E-state index contributed by atoms with van der Waals surface area (Å²) in [5, 5.41) is 18.7. The Bertz CT molecular complexity index is 701. The van der Waals surface area contributed by atoms with Gasteiger partial charge < -0.3 is 14.9 Å². The number of allylic oxidation sites excluding steroid dienone is 1. The normalized spacial score (nSPS) is 15.4. The number of phenols is 2. The molecule has 2 aromatic rings. The average molecular weight is 254 g/mol. The fourth-order valence-corrected chi connectivity index (χ4v) is 1.94. The summed E-state index contributed by atoms with van der Waals surface area (Å²) < 4.78 is 5.41. The van der Waals surface area contributed by atoms with Crippen LogP contribution in [0.4, 0.5) is 0 Å². The maximum atomic E-state index is 12.1. The standard InChI is InChI=1S/C15H10O4/c16-10-3-1-2-9(6-10)7-14-15(18)12-5-4-11(17)8-13(12)19-14/h1-8,16-17H/b14-7-. The van der Waals surface area contributed by atoms with Gasteiger partial charge in [-0.1, -0.05) is 12.1 Å². The van der Waals surface area contributed by atoms with E-state index in [0.29, 0.717) is 16.9 Å². The highest BCUT2D eigenvalue weighted by molar-refractivity contribution is 6.14. The molecule has 0 amide bonds. The zero-order chi connectivity index (χ0) is 13.4. The lowest BCUT2D eigenvalue weighted by Gasteiger charge is -1.99. The van der Waals surface area contributed by atoms with Gasteiger partial charge in [0.1, 0.15) is 17.2 Å². The van der Waals surface area contributed by atoms with Gasteiger partial charge >= 0.3 is 0 Å². The van der Waals surface area contributed by atoms with Crippen LogP contribution in [0.25, 0.3) is 6.08 Å². The first-order chi connectivity index (χ1) is 9.13. The van der Waals surface area contributed by atoms with E-state index in [1.807, 2.05) is 0 Å². The third-order valence-corrected chi connectivity index (χ3v) is 2.82. The second-order valence-corrected chi connectivity index (χ2v) is 4.22. The van der Waals surface area contributed by atoms with Crippen molar-refractivity contribution >= 4 is 11.9 Å². The Morgan fingerprint density at radius 1 is 1.00 bits per heavy atom. The van der Waals surface area contributed by atoms with Crippen LogP contribution in [0.2, 0.25) is 0 Å². The van der Waals surface area contributed by atoms with Gasteiger partial charge in [0.2, 0.25) is 5.78 Å². The van der Waals surface area contributed by atoms with Crippen molar-refractivity contribution in [2.75, 3.05) is 0 Å². The molecule has 0 spiro atoms. The molecule has 0 saturated carbocycles. The Labute approximate surface area is 109 Å². The summed E-state index contributed by atoms with van der Waals surface area (Å²) in [5.41, 5.74) is 1.09. The van der Waals surface area contributed by atoms with Gasteiger partial charge in [0.15, 0.2) is 5.76 Å². The van der Waals surface area contributed by atoms with Crippen LogP contribution in [0, 0.1) is 0 Å². The van der Waals surface area contributed by atoms with Crippen LogP contribution in [0.15, 0.2) is 48.2 Å². The number of benzene rings is 2. The van der Waals surface area contributed by atoms with E-state index in [4.69, 9.17) is 4.74 Å². The zero-order valence-electron chi connectivity index (χ0n) is 9.83. The number of aromatic hydroxyl groups is 2. The summed E-state index contributed by atoms with van der Waals surface area (Å²) in [6.07, 6.45) is 1.55. The van der Waals surface area contributed by atoms with E-state index in [2.05, 4.69) is 0 Å². The predicted molar refractivity (Wildman–Crippen MR) is 69.1 cm³/mol. The predicted octanol–water partition coefficient (Wildman–Crippen LogP) is 2.71. The molecule has 0 saturated heterocycles. The summed E-state index contributed by atoms with van der Waals surface area (Å²) in [5.74, 6) is 0.445. The number of rotatable bonds is 1. The van der Waals surface area contributed by atoms with Crippen molar-refractivity contribution in [2.45, 2.75) is 0 Å². The Morgan fingerprint density at radius 2 is 1.79 bits per heavy atom. The molecule has 19 heavy (non-hydrogen) atoms. The molecule has 1 aliphatic heterocycles. The van der Waals surface area contributed by atoms with Crippen molar-refractivity contribution in [3.63, 3.8) is 0 Å². The van der Waals surface area contributed by atoms with Crippen molar-refractivity contribution < 1.29 is 19.7 Å². The minimum absolute atomic E-state index is 0.0464. The van der Waals surface area contributed by atoms with Crippen molar-refractivity contribution in [1.29, 1.82) is 0 Å². The highest BCUT2D eigenvalue weighted by Crippen LogP contribution is 2.34. The van der Waals surface area contributed by atoms with Gasteiger partial charge in [-0.2, -0.15) is 0 Å². The minimum Gasteiger partial charge on any atom is -0.508 e. The topological polar surface area (TPSA) is 66.8 Å². The lowest BCUT2D eigenvalue weighted by Crippen LogP contribution is -1.97. The number of carbonyl (C=O) groups excluding carboxylic acids is 1. The SMILES string of the molecule is O=C1/C(=C/c2cccc(O)c2)Oc2cc(O)ccc21. The van der Waals surface area contributed by atoms with Crippen molar-refractivity contribution in [3.05, 3.63) is 59.4 Å². The second kappa shape index (κ2) is 4.17. The smallest absolute Gasteiger partial charge is 0.231 e. The molecule has 0 fully saturated rings. The molecule has 0 aromatic heterocycles. The van der Waals surface area contributed by atoms with Gasteiger partial charge in [-0.3, -0.25) is 4.79 Å². The van der Waals surface area contributed by atoms with Crippen molar-refractivity contribution in [3.8, 4) is 17.2 Å². The van der Waals surface area contributed by atoms with E-state index in [1.54, 1.807) is 24.3 Å². The molecule has 2 N–H and O–H groups in total. The van der Waals surface area contributed by atoms with Crippen LogP contribution in [0.1, 0.15) is 15.9 Å². The van der Waals surface area contributed by atoms with E-state index >= 15 is 0 Å². The molecule has 0 atom stereocenters. The number of fused-ring (bicyclic) bond motifs is 1. The van der Waals surface area contributed by atoms with Crippen LogP contribution in [0.3, 0.4) is 0 Å². The van der Waals surface area contributed by atoms with Crippen molar-refractivity contribution in [2.24, 2.45) is 0 Å². The Morgan fingerprint density at radius 3 is 2.58 bits per heavy atom.